The van der Waals surface area contributed by atoms with Crippen LogP contribution in [0.4, 0.5) is 0 Å². The first-order valence-electron chi connectivity index (χ1n) is 7.74. The summed E-state index contributed by atoms with van der Waals surface area (Å²) >= 11 is 0. The molecule has 118 valence electrons. The lowest BCUT2D eigenvalue weighted by Gasteiger charge is -2.37. The summed E-state index contributed by atoms with van der Waals surface area (Å²) in [6.07, 6.45) is 2.80. The summed E-state index contributed by atoms with van der Waals surface area (Å²) in [6.45, 7) is 6.87. The second-order valence-corrected chi connectivity index (χ2v) is 6.22. The first-order chi connectivity index (χ1) is 10.0. The van der Waals surface area contributed by atoms with Crippen molar-refractivity contribution in [2.45, 2.75) is 58.4 Å². The van der Waals surface area contributed by atoms with Crippen LogP contribution in [-0.2, 0) is 11.2 Å². The van der Waals surface area contributed by atoms with Crippen LogP contribution in [0.5, 0.6) is 0 Å². The minimum absolute atomic E-state index is 0.102. The lowest BCUT2D eigenvalue weighted by Crippen LogP contribution is -2.46. The summed E-state index contributed by atoms with van der Waals surface area (Å²) in [5, 5.41) is 13.2. The number of likely N-dealkylation sites (tertiary alicyclic amines) is 1. The fourth-order valence-electron chi connectivity index (χ4n) is 2.64. The summed E-state index contributed by atoms with van der Waals surface area (Å²) in [5.41, 5.74) is 0. The Morgan fingerprint density at radius 3 is 2.86 bits per heavy atom. The number of aliphatic hydroxyl groups is 1. The van der Waals surface area contributed by atoms with Gasteiger partial charge in [-0.05, 0) is 25.7 Å². The van der Waals surface area contributed by atoms with Gasteiger partial charge in [-0.25, -0.2) is 0 Å². The second kappa shape index (κ2) is 7.02. The largest absolute Gasteiger partial charge is 0.396 e. The molecule has 1 fully saturated rings. The molecule has 0 spiro atoms. The molecule has 1 aromatic rings. The van der Waals surface area contributed by atoms with Crippen molar-refractivity contribution >= 4 is 5.91 Å². The third-order valence-electron chi connectivity index (χ3n) is 4.11. The van der Waals surface area contributed by atoms with Crippen LogP contribution in [0, 0.1) is 5.92 Å². The molecule has 0 bridgehead atoms. The number of carbonyl (C=O) groups is 1. The molecule has 1 aliphatic rings. The minimum atomic E-state index is 0.102. The van der Waals surface area contributed by atoms with E-state index < -0.39 is 0 Å². The maximum Gasteiger partial charge on any atom is 0.227 e. The number of rotatable bonds is 5. The van der Waals surface area contributed by atoms with Crippen molar-refractivity contribution < 1.29 is 14.4 Å². The van der Waals surface area contributed by atoms with Crippen LogP contribution in [0.3, 0.4) is 0 Å². The SMILES string of the molecule is CC(C)c1noc(CCC(=O)N2CC(CO)CCC2C)n1. The van der Waals surface area contributed by atoms with Crippen LogP contribution in [0.1, 0.15) is 57.7 Å². The van der Waals surface area contributed by atoms with Crippen LogP contribution >= 0.6 is 0 Å². The highest BCUT2D eigenvalue weighted by molar-refractivity contribution is 5.76. The van der Waals surface area contributed by atoms with Gasteiger partial charge >= 0.3 is 0 Å². The third kappa shape index (κ3) is 4.03. The molecule has 6 heteroatoms. The first-order valence-corrected chi connectivity index (χ1v) is 7.74. The Morgan fingerprint density at radius 1 is 1.48 bits per heavy atom. The number of aromatic nitrogens is 2. The lowest BCUT2D eigenvalue weighted by atomic mass is 9.94. The number of amides is 1. The van der Waals surface area contributed by atoms with E-state index in [2.05, 4.69) is 17.1 Å². The maximum atomic E-state index is 12.3. The number of aryl methyl sites for hydroxylation is 1. The molecule has 0 aromatic carbocycles. The van der Waals surface area contributed by atoms with E-state index in [1.54, 1.807) is 0 Å². The van der Waals surface area contributed by atoms with Gasteiger partial charge in [0.1, 0.15) is 0 Å². The van der Waals surface area contributed by atoms with Crippen molar-refractivity contribution in [3.63, 3.8) is 0 Å². The molecule has 2 rings (SSSR count). The second-order valence-electron chi connectivity index (χ2n) is 6.22. The highest BCUT2D eigenvalue weighted by Gasteiger charge is 2.28. The van der Waals surface area contributed by atoms with E-state index >= 15 is 0 Å². The molecule has 0 aliphatic carbocycles. The Balaban J connectivity index is 1.88. The molecular formula is C15H25N3O3. The van der Waals surface area contributed by atoms with Gasteiger partial charge in [0, 0.05) is 38.0 Å². The van der Waals surface area contributed by atoms with Gasteiger partial charge < -0.3 is 14.5 Å². The van der Waals surface area contributed by atoms with Crippen LogP contribution in [0.2, 0.25) is 0 Å². The molecule has 0 radical (unpaired) electrons. The molecule has 21 heavy (non-hydrogen) atoms. The molecule has 2 atom stereocenters. The Hall–Kier alpha value is -1.43. The van der Waals surface area contributed by atoms with Gasteiger partial charge in [0.2, 0.25) is 11.8 Å². The predicted molar refractivity (Wildman–Crippen MR) is 77.7 cm³/mol. The molecule has 1 N–H and O–H groups in total. The number of hydrogen-bond acceptors (Lipinski definition) is 5. The normalized spacial score (nSPS) is 22.8. The average Bonchev–Trinajstić information content (AvgIpc) is 2.94. The van der Waals surface area contributed by atoms with Gasteiger partial charge in [-0.2, -0.15) is 4.98 Å². The summed E-state index contributed by atoms with van der Waals surface area (Å²) in [5.74, 6) is 1.75. The molecule has 2 heterocycles. The molecule has 2 unspecified atom stereocenters. The monoisotopic (exact) mass is 295 g/mol. The van der Waals surface area contributed by atoms with Crippen LogP contribution < -0.4 is 0 Å². The zero-order valence-corrected chi connectivity index (χ0v) is 13.1. The third-order valence-corrected chi connectivity index (χ3v) is 4.11. The standard InChI is InChI=1S/C15H25N3O3/c1-10(2)15-16-13(21-17-15)6-7-14(20)18-8-12(9-19)5-4-11(18)3/h10-12,19H,4-9H2,1-3H3. The highest BCUT2D eigenvalue weighted by Crippen LogP contribution is 2.22. The number of hydrogen-bond donors (Lipinski definition) is 1. The van der Waals surface area contributed by atoms with E-state index in [9.17, 15) is 9.90 Å². The minimum Gasteiger partial charge on any atom is -0.396 e. The Labute approximate surface area is 125 Å². The number of piperidine rings is 1. The molecule has 1 aromatic heterocycles. The maximum absolute atomic E-state index is 12.3. The van der Waals surface area contributed by atoms with E-state index in [4.69, 9.17) is 4.52 Å². The van der Waals surface area contributed by atoms with E-state index in [1.807, 2.05) is 18.7 Å². The van der Waals surface area contributed by atoms with Gasteiger partial charge in [0.15, 0.2) is 5.82 Å². The molecular weight excluding hydrogens is 270 g/mol. The van der Waals surface area contributed by atoms with Gasteiger partial charge in [0.25, 0.3) is 0 Å². The van der Waals surface area contributed by atoms with Gasteiger partial charge in [-0.1, -0.05) is 19.0 Å². The summed E-state index contributed by atoms with van der Waals surface area (Å²) in [4.78, 5) is 18.5. The zero-order valence-electron chi connectivity index (χ0n) is 13.1. The summed E-state index contributed by atoms with van der Waals surface area (Å²) < 4.78 is 5.16. The Kier molecular flexibility index (Phi) is 5.33. The van der Waals surface area contributed by atoms with Crippen LogP contribution in [0.15, 0.2) is 4.52 Å². The van der Waals surface area contributed by atoms with Crippen molar-refractivity contribution in [2.75, 3.05) is 13.2 Å². The zero-order chi connectivity index (χ0) is 15.4. The fraction of sp³-hybridized carbons (Fsp3) is 0.800. The van der Waals surface area contributed by atoms with Crippen molar-refractivity contribution in [1.82, 2.24) is 15.0 Å². The highest BCUT2D eigenvalue weighted by atomic mass is 16.5. The number of nitrogens with zero attached hydrogens (tertiary/aromatic N) is 3. The van der Waals surface area contributed by atoms with E-state index in [1.165, 1.54) is 0 Å². The van der Waals surface area contributed by atoms with Crippen molar-refractivity contribution in [2.24, 2.45) is 5.92 Å². The first kappa shape index (κ1) is 15.9. The summed E-state index contributed by atoms with van der Waals surface area (Å²) in [7, 11) is 0. The molecule has 1 aliphatic heterocycles. The van der Waals surface area contributed by atoms with Gasteiger partial charge in [0.05, 0.1) is 0 Å². The van der Waals surface area contributed by atoms with Crippen molar-refractivity contribution in [1.29, 1.82) is 0 Å². The van der Waals surface area contributed by atoms with Crippen molar-refractivity contribution in [3.05, 3.63) is 11.7 Å². The Morgan fingerprint density at radius 2 is 2.24 bits per heavy atom. The number of aliphatic hydroxyl groups excluding tert-OH is 1. The van der Waals surface area contributed by atoms with Crippen LogP contribution in [0.25, 0.3) is 0 Å². The fourth-order valence-corrected chi connectivity index (χ4v) is 2.64. The topological polar surface area (TPSA) is 79.5 Å². The number of carbonyl (C=O) groups excluding carboxylic acids is 1. The Bertz CT molecular complexity index is 472. The van der Waals surface area contributed by atoms with E-state index in [0.29, 0.717) is 31.1 Å². The lowest BCUT2D eigenvalue weighted by molar-refractivity contribution is -0.136. The van der Waals surface area contributed by atoms with Crippen LogP contribution in [-0.4, -0.2) is 45.2 Å². The van der Waals surface area contributed by atoms with E-state index in [0.717, 1.165) is 12.8 Å². The smallest absolute Gasteiger partial charge is 0.227 e. The molecule has 1 saturated heterocycles. The summed E-state index contributed by atoms with van der Waals surface area (Å²) in [6, 6.07) is 0.245. The average molecular weight is 295 g/mol. The quantitative estimate of drug-likeness (QED) is 0.895. The molecule has 6 nitrogen and oxygen atoms in total. The van der Waals surface area contributed by atoms with Crippen molar-refractivity contribution in [3.8, 4) is 0 Å². The van der Waals surface area contributed by atoms with Gasteiger partial charge in [-0.15, -0.1) is 0 Å². The predicted octanol–water partition coefficient (Wildman–Crippen LogP) is 1.75. The van der Waals surface area contributed by atoms with E-state index in [-0.39, 0.29) is 30.4 Å². The molecule has 1 amide bonds. The molecule has 0 saturated carbocycles. The van der Waals surface area contributed by atoms with Gasteiger partial charge in [-0.3, -0.25) is 4.79 Å².